The van der Waals surface area contributed by atoms with Crippen LogP contribution < -0.4 is 20.9 Å². The van der Waals surface area contributed by atoms with Crippen LogP contribution in [0, 0.1) is 0 Å². The van der Waals surface area contributed by atoms with Crippen LogP contribution in [0.1, 0.15) is 10.4 Å². The van der Waals surface area contributed by atoms with Gasteiger partial charge in [-0.1, -0.05) is 0 Å². The first-order chi connectivity index (χ1) is 6.20. The van der Waals surface area contributed by atoms with Crippen molar-refractivity contribution in [2.75, 3.05) is 12.5 Å². The Balaban J connectivity index is 2.62. The number of ether oxygens (including phenoxy) is 2. The number of hydrogen-bond acceptors (Lipinski definition) is 4. The van der Waals surface area contributed by atoms with Crippen LogP contribution >= 0.6 is 0 Å². The van der Waals surface area contributed by atoms with Gasteiger partial charge in [0.1, 0.15) is 0 Å². The van der Waals surface area contributed by atoms with Crippen LogP contribution in [0.3, 0.4) is 0 Å². The second-order valence-electron chi connectivity index (χ2n) is 2.63. The number of fused-ring (bicyclic) bond motifs is 1. The molecule has 13 heavy (non-hydrogen) atoms. The lowest BCUT2D eigenvalue weighted by molar-refractivity contribution is 0.0995. The molecule has 2 rings (SSSR count). The Morgan fingerprint density at radius 2 is 2.00 bits per heavy atom. The third-order valence-electron chi connectivity index (χ3n) is 1.81. The summed E-state index contributed by atoms with van der Waals surface area (Å²) in [5.74, 6) is 0.186. The fraction of sp³-hybridized carbons (Fsp3) is 0.125. The minimum atomic E-state index is -0.554. The highest BCUT2D eigenvalue weighted by molar-refractivity contribution is 5.97. The maximum Gasteiger partial charge on any atom is 0.252 e. The lowest BCUT2D eigenvalue weighted by atomic mass is 10.1. The van der Waals surface area contributed by atoms with Crippen molar-refractivity contribution in [2.24, 2.45) is 5.73 Å². The molecule has 0 unspecified atom stereocenters. The van der Waals surface area contributed by atoms with E-state index in [0.29, 0.717) is 22.7 Å². The van der Waals surface area contributed by atoms with Crippen LogP contribution in [-0.2, 0) is 0 Å². The SMILES string of the molecule is NC(=O)c1ccc(N)c2c1OCO2. The molecular formula is C8H8N2O3. The maximum atomic E-state index is 10.9. The maximum absolute atomic E-state index is 10.9. The van der Waals surface area contributed by atoms with Crippen LogP contribution in [0.2, 0.25) is 0 Å². The molecule has 1 aliphatic rings. The van der Waals surface area contributed by atoms with Crippen molar-refractivity contribution >= 4 is 11.6 Å². The predicted molar refractivity (Wildman–Crippen MR) is 45.5 cm³/mol. The number of hydrogen-bond donors (Lipinski definition) is 2. The summed E-state index contributed by atoms with van der Waals surface area (Å²) >= 11 is 0. The first-order valence-corrected chi connectivity index (χ1v) is 3.68. The van der Waals surface area contributed by atoms with Gasteiger partial charge in [-0.15, -0.1) is 0 Å². The topological polar surface area (TPSA) is 87.6 Å². The summed E-state index contributed by atoms with van der Waals surface area (Å²) in [5.41, 5.74) is 11.4. The zero-order valence-electron chi connectivity index (χ0n) is 6.74. The van der Waals surface area contributed by atoms with E-state index in [9.17, 15) is 4.79 Å². The Morgan fingerprint density at radius 1 is 1.31 bits per heavy atom. The minimum absolute atomic E-state index is 0.0732. The first kappa shape index (κ1) is 7.72. The van der Waals surface area contributed by atoms with Gasteiger partial charge in [0.05, 0.1) is 11.3 Å². The summed E-state index contributed by atoms with van der Waals surface area (Å²) in [6.45, 7) is 0.0732. The van der Waals surface area contributed by atoms with E-state index < -0.39 is 5.91 Å². The monoisotopic (exact) mass is 180 g/mol. The van der Waals surface area contributed by atoms with Crippen LogP contribution in [0.25, 0.3) is 0 Å². The molecular weight excluding hydrogens is 172 g/mol. The molecule has 1 heterocycles. The number of nitrogens with two attached hydrogens (primary N) is 2. The van der Waals surface area contributed by atoms with E-state index in [2.05, 4.69) is 0 Å². The van der Waals surface area contributed by atoms with E-state index in [1.807, 2.05) is 0 Å². The quantitative estimate of drug-likeness (QED) is 0.600. The molecule has 5 heteroatoms. The minimum Gasteiger partial charge on any atom is -0.453 e. The molecule has 0 spiro atoms. The molecule has 4 N–H and O–H groups in total. The third-order valence-corrected chi connectivity index (χ3v) is 1.81. The standard InChI is InChI=1S/C8H8N2O3/c9-5-2-1-4(8(10)11)6-7(5)13-3-12-6/h1-2H,3,9H2,(H2,10,11). The van der Waals surface area contributed by atoms with Gasteiger partial charge >= 0.3 is 0 Å². The fourth-order valence-electron chi connectivity index (χ4n) is 1.21. The Kier molecular flexibility index (Phi) is 1.51. The smallest absolute Gasteiger partial charge is 0.252 e. The van der Waals surface area contributed by atoms with E-state index in [-0.39, 0.29) is 6.79 Å². The molecule has 0 atom stereocenters. The fourth-order valence-corrected chi connectivity index (χ4v) is 1.21. The van der Waals surface area contributed by atoms with Crippen molar-refractivity contribution < 1.29 is 14.3 Å². The molecule has 0 aromatic heterocycles. The third kappa shape index (κ3) is 1.05. The Labute approximate surface area is 74.2 Å². The Morgan fingerprint density at radius 3 is 2.69 bits per heavy atom. The summed E-state index contributed by atoms with van der Waals surface area (Å²) < 4.78 is 10.1. The van der Waals surface area contributed by atoms with Gasteiger partial charge in [-0.3, -0.25) is 4.79 Å². The van der Waals surface area contributed by atoms with Crippen LogP contribution in [0.5, 0.6) is 11.5 Å². The molecule has 1 aliphatic heterocycles. The number of primary amides is 1. The molecule has 5 nitrogen and oxygen atoms in total. The van der Waals surface area contributed by atoms with Crippen molar-refractivity contribution in [3.8, 4) is 11.5 Å². The van der Waals surface area contributed by atoms with Gasteiger partial charge < -0.3 is 20.9 Å². The number of carbonyl (C=O) groups excluding carboxylic acids is 1. The molecule has 0 radical (unpaired) electrons. The van der Waals surface area contributed by atoms with Gasteiger partial charge in [-0.05, 0) is 12.1 Å². The van der Waals surface area contributed by atoms with E-state index in [4.69, 9.17) is 20.9 Å². The largest absolute Gasteiger partial charge is 0.453 e. The number of amides is 1. The molecule has 1 aromatic rings. The van der Waals surface area contributed by atoms with Gasteiger partial charge in [-0.2, -0.15) is 0 Å². The lowest BCUT2D eigenvalue weighted by Gasteiger charge is -2.03. The van der Waals surface area contributed by atoms with E-state index in [1.165, 1.54) is 6.07 Å². The summed E-state index contributed by atoms with van der Waals surface area (Å²) in [4.78, 5) is 10.9. The van der Waals surface area contributed by atoms with Crippen molar-refractivity contribution in [1.82, 2.24) is 0 Å². The number of carbonyl (C=O) groups is 1. The van der Waals surface area contributed by atoms with Gasteiger partial charge in [0.2, 0.25) is 6.79 Å². The lowest BCUT2D eigenvalue weighted by Crippen LogP contribution is -2.11. The molecule has 1 aromatic carbocycles. The summed E-state index contributed by atoms with van der Waals surface area (Å²) in [6, 6.07) is 3.08. The zero-order valence-corrected chi connectivity index (χ0v) is 6.74. The molecule has 68 valence electrons. The number of rotatable bonds is 1. The van der Waals surface area contributed by atoms with Crippen LogP contribution in [-0.4, -0.2) is 12.7 Å². The number of nitrogen functional groups attached to an aromatic ring is 1. The molecule has 0 fully saturated rings. The van der Waals surface area contributed by atoms with E-state index >= 15 is 0 Å². The number of anilines is 1. The molecule has 0 saturated carbocycles. The van der Waals surface area contributed by atoms with Gasteiger partial charge in [0.15, 0.2) is 11.5 Å². The second kappa shape index (κ2) is 2.55. The highest BCUT2D eigenvalue weighted by Gasteiger charge is 2.22. The van der Waals surface area contributed by atoms with Crippen LogP contribution in [0.15, 0.2) is 12.1 Å². The Hall–Kier alpha value is -1.91. The summed E-state index contributed by atoms with van der Waals surface area (Å²) in [6.07, 6.45) is 0. The predicted octanol–water partition coefficient (Wildman–Crippen LogP) is 0.0964. The highest BCUT2D eigenvalue weighted by atomic mass is 16.7. The van der Waals surface area contributed by atoms with Gasteiger partial charge in [0.25, 0.3) is 5.91 Å². The van der Waals surface area contributed by atoms with Crippen molar-refractivity contribution in [3.63, 3.8) is 0 Å². The molecule has 0 aliphatic carbocycles. The van der Waals surface area contributed by atoms with Crippen molar-refractivity contribution in [3.05, 3.63) is 17.7 Å². The van der Waals surface area contributed by atoms with E-state index in [0.717, 1.165) is 0 Å². The zero-order chi connectivity index (χ0) is 9.42. The average molecular weight is 180 g/mol. The Bertz CT molecular complexity index is 376. The molecule has 1 amide bonds. The van der Waals surface area contributed by atoms with Crippen LogP contribution in [0.4, 0.5) is 5.69 Å². The van der Waals surface area contributed by atoms with Gasteiger partial charge in [-0.25, -0.2) is 0 Å². The second-order valence-corrected chi connectivity index (χ2v) is 2.63. The van der Waals surface area contributed by atoms with Crippen molar-refractivity contribution in [1.29, 1.82) is 0 Å². The van der Waals surface area contributed by atoms with Crippen molar-refractivity contribution in [2.45, 2.75) is 0 Å². The van der Waals surface area contributed by atoms with E-state index in [1.54, 1.807) is 6.07 Å². The first-order valence-electron chi connectivity index (χ1n) is 3.68. The highest BCUT2D eigenvalue weighted by Crippen LogP contribution is 2.40. The molecule has 0 bridgehead atoms. The average Bonchev–Trinajstić information content (AvgIpc) is 2.53. The normalized spacial score (nSPS) is 12.9. The molecule has 0 saturated heterocycles. The summed E-state index contributed by atoms with van der Waals surface area (Å²) in [5, 5.41) is 0. The van der Waals surface area contributed by atoms with Gasteiger partial charge in [0, 0.05) is 0 Å². The number of benzene rings is 1. The summed E-state index contributed by atoms with van der Waals surface area (Å²) in [7, 11) is 0.